The van der Waals surface area contributed by atoms with Crippen LogP contribution in [-0.4, -0.2) is 197 Å². The minimum atomic E-state index is -1.11. The van der Waals surface area contributed by atoms with Gasteiger partial charge in [0, 0.05) is 63.7 Å². The molecule has 14 heterocycles. The molecule has 430 valence electrons. The molecule has 14 rings (SSSR count). The van der Waals surface area contributed by atoms with Gasteiger partial charge in [-0.05, 0) is 73.8 Å². The monoisotopic (exact) mass is 1080 g/mol. The van der Waals surface area contributed by atoms with Crippen LogP contribution in [0.2, 0.25) is 0 Å². The molecule has 19 nitrogen and oxygen atoms in total. The van der Waals surface area contributed by atoms with Crippen LogP contribution in [0.15, 0.2) is 24.3 Å². The number of aliphatic hydroxyl groups is 4. The van der Waals surface area contributed by atoms with E-state index in [9.17, 15) is 30.0 Å². The smallest absolute Gasteiger partial charge is 0.308 e. The van der Waals surface area contributed by atoms with Gasteiger partial charge >= 0.3 is 5.97 Å². The molecule has 14 saturated heterocycles. The topological polar surface area (TPSA) is 235 Å². The second-order valence-electron chi connectivity index (χ2n) is 26.1. The van der Waals surface area contributed by atoms with E-state index in [2.05, 4.69) is 20.1 Å². The van der Waals surface area contributed by atoms with Gasteiger partial charge in [0.25, 0.3) is 0 Å². The van der Waals surface area contributed by atoms with E-state index in [4.69, 9.17) is 61.6 Å². The third-order valence-corrected chi connectivity index (χ3v) is 20.6. The molecular weight excluding hydrogens is 1000 g/mol. The zero-order valence-electron chi connectivity index (χ0n) is 45.2. The van der Waals surface area contributed by atoms with Gasteiger partial charge in [0.1, 0.15) is 48.5 Å². The Morgan fingerprint density at radius 1 is 0.545 bits per heavy atom. The summed E-state index contributed by atoms with van der Waals surface area (Å²) < 4.78 is 87.3. The van der Waals surface area contributed by atoms with Crippen LogP contribution in [0, 0.1) is 23.7 Å². The predicted molar refractivity (Wildman–Crippen MR) is 268 cm³/mol. The van der Waals surface area contributed by atoms with E-state index in [-0.39, 0.29) is 123 Å². The number of rotatable bonds is 5. The molecule has 14 aliphatic heterocycles. The first kappa shape index (κ1) is 54.2. The largest absolute Gasteiger partial charge is 0.459 e. The Morgan fingerprint density at radius 2 is 1.23 bits per heavy atom. The van der Waals surface area contributed by atoms with Gasteiger partial charge in [-0.1, -0.05) is 40.9 Å². The highest BCUT2D eigenvalue weighted by Crippen LogP contribution is 2.55. The molecule has 14 fully saturated rings. The molecule has 0 saturated carbocycles. The molecule has 77 heavy (non-hydrogen) atoms. The van der Waals surface area contributed by atoms with Crippen LogP contribution < -0.4 is 0 Å². The van der Waals surface area contributed by atoms with Gasteiger partial charge in [-0.25, -0.2) is 0 Å². The Labute approximate surface area is 451 Å². The van der Waals surface area contributed by atoms with Crippen molar-refractivity contribution in [2.75, 3.05) is 6.61 Å². The van der Waals surface area contributed by atoms with Gasteiger partial charge in [0.05, 0.1) is 117 Å². The second kappa shape index (κ2) is 21.0. The number of hydrogen-bond donors (Lipinski definition) is 4. The van der Waals surface area contributed by atoms with E-state index in [0.717, 1.165) is 43.3 Å². The lowest BCUT2D eigenvalue weighted by Gasteiger charge is -2.55. The molecule has 0 aromatic rings. The Morgan fingerprint density at radius 3 is 2.06 bits per heavy atom. The average molecular weight is 1090 g/mol. The highest BCUT2D eigenvalue weighted by atomic mass is 16.8. The number of ether oxygens (including phenoxy) is 13. The summed E-state index contributed by atoms with van der Waals surface area (Å²) in [4.78, 5) is 28.6. The number of fused-ring (bicyclic) bond motifs is 8. The van der Waals surface area contributed by atoms with E-state index in [1.165, 1.54) is 0 Å². The van der Waals surface area contributed by atoms with Gasteiger partial charge < -0.3 is 82.0 Å². The summed E-state index contributed by atoms with van der Waals surface area (Å²) in [7, 11) is 0. The van der Waals surface area contributed by atoms with Gasteiger partial charge in [0.2, 0.25) is 0 Å². The van der Waals surface area contributed by atoms with Crippen molar-refractivity contribution in [2.45, 2.75) is 295 Å². The van der Waals surface area contributed by atoms with E-state index < -0.39 is 109 Å². The summed E-state index contributed by atoms with van der Waals surface area (Å²) in [6, 6.07) is 0. The van der Waals surface area contributed by atoms with Gasteiger partial charge in [-0.3, -0.25) is 9.59 Å². The standard InChI is InChI=1S/C58H84O19/c1-25-13-32-7-9-37-26(2)14-34(65-37)11-12-57-23-45-53(76-57)54-55(71-45)56(77-57)52-38(69-54)10-8-33(67-52)17-47(63)73-51-30(6)50-42(68-43(51)20-39(66-32)29(25)5)18-35(61)40(70-50)15-31(60)16-41-48(64)27(3)21-58(74-41)22-28(4)49-44(75-58)19-36(62)46(24-59)72-49/h25,27-28,30,32-46,48-56,59,61-62,64H,2,5,7-24H2,1,3-4,6H3/t25-,27+,28+,30+,32+,33-,34+,35-,36-,37+,38+,39-,40-,41+,42+,43+,44+,45-,46-,48+,49+,50+,51-,52+,53?,54+,55?,56+,57+,58-/m1/s1. The predicted octanol–water partition coefficient (Wildman–Crippen LogP) is 3.97. The maximum Gasteiger partial charge on any atom is 0.308 e. The minimum Gasteiger partial charge on any atom is -0.459 e. The molecule has 0 radical (unpaired) electrons. The Bertz CT molecular complexity index is 2230. The third-order valence-electron chi connectivity index (χ3n) is 20.6. The van der Waals surface area contributed by atoms with E-state index >= 15 is 0 Å². The fraction of sp³-hybridized carbons (Fsp3) is 0.897. The molecule has 12 bridgehead atoms. The van der Waals surface area contributed by atoms with Crippen molar-refractivity contribution in [2.24, 2.45) is 23.7 Å². The Kier molecular flexibility index (Phi) is 14.8. The molecular formula is C58H84O19. The van der Waals surface area contributed by atoms with Crippen molar-refractivity contribution in [1.82, 2.24) is 0 Å². The molecule has 0 aliphatic carbocycles. The van der Waals surface area contributed by atoms with Gasteiger partial charge in [0.15, 0.2) is 11.6 Å². The summed E-state index contributed by atoms with van der Waals surface area (Å²) in [5, 5.41) is 43.7. The normalized spacial score (nSPS) is 55.4. The molecule has 2 unspecified atom stereocenters. The lowest BCUT2D eigenvalue weighted by Crippen LogP contribution is -2.63. The first-order valence-electron chi connectivity index (χ1n) is 29.6. The van der Waals surface area contributed by atoms with Crippen molar-refractivity contribution in [3.8, 4) is 0 Å². The molecule has 30 atom stereocenters. The van der Waals surface area contributed by atoms with Crippen LogP contribution in [-0.2, 0) is 71.2 Å². The number of esters is 1. The summed E-state index contributed by atoms with van der Waals surface area (Å²) in [5.74, 6) is -3.24. The van der Waals surface area contributed by atoms with Crippen molar-refractivity contribution >= 4 is 11.8 Å². The molecule has 14 aliphatic rings. The zero-order chi connectivity index (χ0) is 53.4. The van der Waals surface area contributed by atoms with Crippen LogP contribution in [0.5, 0.6) is 0 Å². The molecule has 0 amide bonds. The highest BCUT2D eigenvalue weighted by molar-refractivity contribution is 5.79. The van der Waals surface area contributed by atoms with Crippen LogP contribution >= 0.6 is 0 Å². The van der Waals surface area contributed by atoms with Crippen molar-refractivity contribution in [3.05, 3.63) is 24.3 Å². The van der Waals surface area contributed by atoms with E-state index in [1.807, 2.05) is 20.8 Å². The number of carbonyl (C=O) groups is 2. The number of hydrogen-bond acceptors (Lipinski definition) is 19. The first-order valence-corrected chi connectivity index (χ1v) is 29.6. The average Bonchev–Trinajstić information content (AvgIpc) is 4.15. The molecule has 0 aromatic carbocycles. The summed E-state index contributed by atoms with van der Waals surface area (Å²) in [6.07, 6.45) is -4.24. The maximum absolute atomic E-state index is 14.5. The Hall–Kier alpha value is -2.02. The van der Waals surface area contributed by atoms with E-state index in [0.29, 0.717) is 44.9 Å². The number of Topliss-reactive ketones (excluding diaryl/α,β-unsaturated/α-hetero) is 1. The number of aliphatic hydroxyl groups excluding tert-OH is 4. The maximum atomic E-state index is 14.5. The third kappa shape index (κ3) is 10.1. The fourth-order valence-electron chi connectivity index (χ4n) is 16.6. The first-order chi connectivity index (χ1) is 36.9. The summed E-state index contributed by atoms with van der Waals surface area (Å²) in [5.41, 5.74) is 2.05. The van der Waals surface area contributed by atoms with Crippen molar-refractivity contribution in [3.63, 3.8) is 0 Å². The second-order valence-corrected chi connectivity index (χ2v) is 26.1. The van der Waals surface area contributed by atoms with Gasteiger partial charge in [-0.15, -0.1) is 0 Å². The Balaban J connectivity index is 0.715. The van der Waals surface area contributed by atoms with Crippen LogP contribution in [0.3, 0.4) is 0 Å². The molecule has 2 spiro atoms. The van der Waals surface area contributed by atoms with Crippen LogP contribution in [0.4, 0.5) is 0 Å². The van der Waals surface area contributed by atoms with Crippen molar-refractivity contribution < 1.29 is 91.6 Å². The lowest BCUT2D eigenvalue weighted by molar-refractivity contribution is -0.375. The lowest BCUT2D eigenvalue weighted by atomic mass is 9.77. The SMILES string of the molecule is C=C1C[C@@H]2CC[C@@]34C[C@H]5OC6[C@@H](O[C@H]7CC[C@H](CC(=O)O[C@@H]8[C@@H](C)[C@@H]9O[C@H](CC(=O)C[C@@H]%10O[C@@]%11(C[C@H](C)[C@@H]%10O)C[C@H](C)[C@@H]%10O[C@H](CO)[C@H](O)C[C@@H]%10O%11)[C@H](O)C[C@@H]9O[C@H]8C[C@H]8O[C@@H](CC[C@@H]1O2)C[C@@H](C)C8=C)O[C@@H]7[C@@H]6O3)C5O4. The highest BCUT2D eigenvalue weighted by Gasteiger charge is 2.69. The van der Waals surface area contributed by atoms with Crippen LogP contribution in [0.1, 0.15) is 137 Å². The number of ketones is 1. The summed E-state index contributed by atoms with van der Waals surface area (Å²) >= 11 is 0. The zero-order valence-corrected chi connectivity index (χ0v) is 45.2. The van der Waals surface area contributed by atoms with Gasteiger partial charge in [-0.2, -0.15) is 0 Å². The van der Waals surface area contributed by atoms with Crippen LogP contribution in [0.25, 0.3) is 0 Å². The molecule has 4 N–H and O–H groups in total. The molecule has 0 aromatic heterocycles. The minimum absolute atomic E-state index is 0.00553. The number of carbonyl (C=O) groups excluding carboxylic acids is 2. The molecule has 19 heteroatoms. The fourth-order valence-corrected chi connectivity index (χ4v) is 16.6. The quantitative estimate of drug-likeness (QED) is 0.225. The summed E-state index contributed by atoms with van der Waals surface area (Å²) in [6.45, 7) is 16.8. The van der Waals surface area contributed by atoms with Crippen molar-refractivity contribution in [1.29, 1.82) is 0 Å². The van der Waals surface area contributed by atoms with E-state index in [1.54, 1.807) is 0 Å².